The monoisotopic (exact) mass is 294 g/mol. The van der Waals surface area contributed by atoms with Crippen LogP contribution in [0.2, 0.25) is 0 Å². The third kappa shape index (κ3) is 3.76. The molecule has 102 valence electrons. The number of rotatable bonds is 5. The number of nitrogen functional groups attached to an aromatic ring is 1. The van der Waals surface area contributed by atoms with E-state index in [0.29, 0.717) is 0 Å². The molecular formula is C10H15FN2O3S2. The van der Waals surface area contributed by atoms with Gasteiger partial charge in [-0.15, -0.1) is 0 Å². The highest BCUT2D eigenvalue weighted by molar-refractivity contribution is 7.89. The van der Waals surface area contributed by atoms with Crippen LogP contribution in [-0.4, -0.2) is 31.2 Å². The molecule has 0 heterocycles. The molecular weight excluding hydrogens is 279 g/mol. The van der Waals surface area contributed by atoms with Gasteiger partial charge in [-0.05, 0) is 24.6 Å². The maximum absolute atomic E-state index is 13.7. The van der Waals surface area contributed by atoms with E-state index in [-0.39, 0.29) is 23.5 Å². The van der Waals surface area contributed by atoms with Crippen molar-refractivity contribution in [1.82, 2.24) is 4.72 Å². The Morgan fingerprint density at radius 2 is 2.06 bits per heavy atom. The number of benzene rings is 1. The summed E-state index contributed by atoms with van der Waals surface area (Å²) in [4.78, 5) is -0.484. The molecule has 1 aromatic carbocycles. The molecule has 0 saturated carbocycles. The summed E-state index contributed by atoms with van der Waals surface area (Å²) in [6, 6.07) is 2.42. The highest BCUT2D eigenvalue weighted by Gasteiger charge is 2.20. The van der Waals surface area contributed by atoms with Crippen molar-refractivity contribution < 1.29 is 17.0 Å². The van der Waals surface area contributed by atoms with Crippen LogP contribution in [-0.2, 0) is 20.8 Å². The van der Waals surface area contributed by atoms with Crippen molar-refractivity contribution in [3.05, 3.63) is 23.5 Å². The van der Waals surface area contributed by atoms with Crippen LogP contribution in [0.1, 0.15) is 5.56 Å². The van der Waals surface area contributed by atoms with Crippen LogP contribution in [0.3, 0.4) is 0 Å². The first kappa shape index (κ1) is 15.1. The zero-order chi connectivity index (χ0) is 13.9. The van der Waals surface area contributed by atoms with E-state index in [0.717, 1.165) is 6.07 Å². The zero-order valence-corrected chi connectivity index (χ0v) is 11.7. The lowest BCUT2D eigenvalue weighted by atomic mass is 10.2. The van der Waals surface area contributed by atoms with E-state index in [9.17, 15) is 17.0 Å². The van der Waals surface area contributed by atoms with Gasteiger partial charge in [-0.25, -0.2) is 17.5 Å². The normalized spacial score (nSPS) is 13.5. The van der Waals surface area contributed by atoms with Crippen LogP contribution in [0.15, 0.2) is 17.0 Å². The molecule has 0 radical (unpaired) electrons. The van der Waals surface area contributed by atoms with Gasteiger partial charge in [0, 0.05) is 35.0 Å². The number of anilines is 1. The third-order valence-corrected chi connectivity index (χ3v) is 4.45. The molecule has 8 heteroatoms. The van der Waals surface area contributed by atoms with Gasteiger partial charge in [-0.3, -0.25) is 4.21 Å². The lowest BCUT2D eigenvalue weighted by Crippen LogP contribution is -2.28. The highest BCUT2D eigenvalue weighted by Crippen LogP contribution is 2.21. The first-order valence-corrected chi connectivity index (χ1v) is 8.30. The maximum Gasteiger partial charge on any atom is 0.243 e. The fourth-order valence-electron chi connectivity index (χ4n) is 1.36. The van der Waals surface area contributed by atoms with Crippen molar-refractivity contribution in [3.8, 4) is 0 Å². The lowest BCUT2D eigenvalue weighted by molar-refractivity contribution is 0.555. The molecule has 1 atom stereocenters. The van der Waals surface area contributed by atoms with Crippen molar-refractivity contribution in [3.63, 3.8) is 0 Å². The van der Waals surface area contributed by atoms with Crippen molar-refractivity contribution in [2.45, 2.75) is 11.8 Å². The van der Waals surface area contributed by atoms with Gasteiger partial charge in [0.25, 0.3) is 0 Å². The molecule has 1 aromatic rings. The minimum atomic E-state index is -3.97. The first-order chi connectivity index (χ1) is 8.24. The molecule has 0 aliphatic rings. The fourth-order valence-corrected chi connectivity index (χ4v) is 3.09. The second kappa shape index (κ2) is 5.77. The van der Waals surface area contributed by atoms with Crippen LogP contribution in [0.4, 0.5) is 10.1 Å². The summed E-state index contributed by atoms with van der Waals surface area (Å²) < 4.78 is 50.4. The summed E-state index contributed by atoms with van der Waals surface area (Å²) in [5.41, 5.74) is 5.83. The van der Waals surface area contributed by atoms with Gasteiger partial charge in [0.1, 0.15) is 10.7 Å². The molecule has 0 fully saturated rings. The Morgan fingerprint density at radius 1 is 1.44 bits per heavy atom. The zero-order valence-electron chi connectivity index (χ0n) is 10.1. The Kier molecular flexibility index (Phi) is 4.83. The summed E-state index contributed by atoms with van der Waals surface area (Å²) in [6.45, 7) is 1.42. The van der Waals surface area contributed by atoms with E-state index in [2.05, 4.69) is 4.72 Å². The Bertz CT molecular complexity index is 573. The van der Waals surface area contributed by atoms with Gasteiger partial charge in [0.05, 0.1) is 0 Å². The Balaban J connectivity index is 3.02. The number of hydrogen-bond donors (Lipinski definition) is 2. The van der Waals surface area contributed by atoms with Gasteiger partial charge in [-0.2, -0.15) is 0 Å². The number of halogens is 1. The summed E-state index contributed by atoms with van der Waals surface area (Å²) in [6.07, 6.45) is 1.46. The van der Waals surface area contributed by atoms with Crippen LogP contribution in [0, 0.1) is 12.7 Å². The van der Waals surface area contributed by atoms with E-state index >= 15 is 0 Å². The van der Waals surface area contributed by atoms with E-state index in [1.165, 1.54) is 19.2 Å². The van der Waals surface area contributed by atoms with Crippen molar-refractivity contribution in [1.29, 1.82) is 0 Å². The first-order valence-electron chi connectivity index (χ1n) is 5.09. The summed E-state index contributed by atoms with van der Waals surface area (Å²) in [5, 5.41) is 0. The molecule has 1 unspecified atom stereocenters. The average molecular weight is 294 g/mol. The SMILES string of the molecule is Cc1cc(N)cc(S(=O)(=O)NCCS(C)=O)c1F. The largest absolute Gasteiger partial charge is 0.399 e. The Hall–Kier alpha value is -0.990. The molecule has 3 N–H and O–H groups in total. The Labute approximate surface area is 108 Å². The predicted octanol–water partition coefficient (Wildman–Crippen LogP) is 0.373. The number of hydrogen-bond acceptors (Lipinski definition) is 4. The molecule has 18 heavy (non-hydrogen) atoms. The van der Waals surface area contributed by atoms with Crippen LogP contribution in [0.25, 0.3) is 0 Å². The average Bonchev–Trinajstić information content (AvgIpc) is 2.22. The summed E-state index contributed by atoms with van der Waals surface area (Å²) in [5.74, 6) is -0.656. The smallest absolute Gasteiger partial charge is 0.243 e. The van der Waals surface area contributed by atoms with Gasteiger partial charge >= 0.3 is 0 Å². The van der Waals surface area contributed by atoms with Crippen LogP contribution < -0.4 is 10.5 Å². The van der Waals surface area contributed by atoms with Crippen molar-refractivity contribution in [2.24, 2.45) is 0 Å². The molecule has 0 bridgehead atoms. The minimum absolute atomic E-state index is 0.0151. The third-order valence-electron chi connectivity index (χ3n) is 2.21. The molecule has 0 aliphatic carbocycles. The predicted molar refractivity (Wildman–Crippen MR) is 69.7 cm³/mol. The molecule has 0 amide bonds. The fraction of sp³-hybridized carbons (Fsp3) is 0.400. The van der Waals surface area contributed by atoms with Gasteiger partial charge < -0.3 is 5.73 Å². The molecule has 0 aliphatic heterocycles. The maximum atomic E-state index is 13.7. The quantitative estimate of drug-likeness (QED) is 0.768. The molecule has 1 rings (SSSR count). The number of nitrogens with one attached hydrogen (secondary N) is 1. The number of aryl methyl sites for hydroxylation is 1. The van der Waals surface area contributed by atoms with E-state index < -0.39 is 31.5 Å². The lowest BCUT2D eigenvalue weighted by Gasteiger charge is -2.09. The number of sulfonamides is 1. The number of nitrogens with two attached hydrogens (primary N) is 1. The minimum Gasteiger partial charge on any atom is -0.399 e. The second-order valence-electron chi connectivity index (χ2n) is 3.83. The van der Waals surface area contributed by atoms with Gasteiger partial charge in [0.15, 0.2) is 0 Å². The van der Waals surface area contributed by atoms with Crippen LogP contribution >= 0.6 is 0 Å². The van der Waals surface area contributed by atoms with E-state index in [1.807, 2.05) is 0 Å². The molecule has 0 saturated heterocycles. The Morgan fingerprint density at radius 3 is 2.61 bits per heavy atom. The summed E-state index contributed by atoms with van der Waals surface area (Å²) >= 11 is 0. The highest BCUT2D eigenvalue weighted by atomic mass is 32.2. The van der Waals surface area contributed by atoms with Gasteiger partial charge in [0.2, 0.25) is 10.0 Å². The topological polar surface area (TPSA) is 89.3 Å². The second-order valence-corrected chi connectivity index (χ2v) is 7.12. The van der Waals surface area contributed by atoms with Crippen LogP contribution in [0.5, 0.6) is 0 Å². The molecule has 0 spiro atoms. The van der Waals surface area contributed by atoms with Crippen molar-refractivity contribution >= 4 is 26.5 Å². The van der Waals surface area contributed by atoms with Crippen molar-refractivity contribution in [2.75, 3.05) is 24.3 Å². The van der Waals surface area contributed by atoms with E-state index in [4.69, 9.17) is 5.73 Å². The van der Waals surface area contributed by atoms with E-state index in [1.54, 1.807) is 0 Å². The standard InChI is InChI=1S/C10H15FN2O3S2/c1-7-5-8(12)6-9(10(7)11)18(15,16)13-3-4-17(2)14/h5-6,13H,3-4,12H2,1-2H3. The molecule has 0 aromatic heterocycles. The summed E-state index contributed by atoms with van der Waals surface area (Å²) in [7, 11) is -5.09. The van der Waals surface area contributed by atoms with Gasteiger partial charge in [-0.1, -0.05) is 0 Å². The molecule has 5 nitrogen and oxygen atoms in total.